The molecule has 2 unspecified atom stereocenters. The molecular weight excluding hydrogens is 466 g/mol. The highest BCUT2D eigenvalue weighted by Gasteiger charge is 2.37. The van der Waals surface area contributed by atoms with Crippen molar-refractivity contribution in [3.8, 4) is 5.75 Å². The first kappa shape index (κ1) is 20.7. The predicted octanol–water partition coefficient (Wildman–Crippen LogP) is 3.74. The van der Waals surface area contributed by atoms with Gasteiger partial charge in [0.05, 0.1) is 17.6 Å². The number of hydrogen-bond acceptors (Lipinski definition) is 6. The standard InChI is InChI=1S/C21H22BrN5O2S/c1-12-4-6-14(7-5-12)11-23-20(28)19-18(15-8-9-17(29-3)16(22)10-15)26-27-13(2)24-25-21(27)30-19/h4-10,18-19,26H,11H2,1-3H3,(H,23,28). The van der Waals surface area contributed by atoms with Crippen LogP contribution in [0.3, 0.4) is 0 Å². The number of hydrogen-bond donors (Lipinski definition) is 2. The van der Waals surface area contributed by atoms with Crippen LogP contribution in [0.25, 0.3) is 0 Å². The lowest BCUT2D eigenvalue weighted by atomic mass is 10.0. The molecular formula is C21H22BrN5O2S. The van der Waals surface area contributed by atoms with Gasteiger partial charge >= 0.3 is 0 Å². The first-order chi connectivity index (χ1) is 14.5. The Labute approximate surface area is 187 Å². The summed E-state index contributed by atoms with van der Waals surface area (Å²) in [6.45, 7) is 4.40. The van der Waals surface area contributed by atoms with Gasteiger partial charge in [-0.2, -0.15) is 0 Å². The van der Waals surface area contributed by atoms with Crippen molar-refractivity contribution in [3.05, 3.63) is 69.5 Å². The number of carbonyl (C=O) groups is 1. The average molecular weight is 488 g/mol. The Morgan fingerprint density at radius 1 is 1.23 bits per heavy atom. The van der Waals surface area contributed by atoms with E-state index < -0.39 is 5.25 Å². The molecule has 0 saturated heterocycles. The number of methoxy groups -OCH3 is 1. The van der Waals surface area contributed by atoms with Gasteiger partial charge in [-0.3, -0.25) is 4.79 Å². The summed E-state index contributed by atoms with van der Waals surface area (Å²) in [5, 5.41) is 11.7. The summed E-state index contributed by atoms with van der Waals surface area (Å²) in [5.74, 6) is 1.43. The minimum Gasteiger partial charge on any atom is -0.496 e. The van der Waals surface area contributed by atoms with Crippen LogP contribution in [0.15, 0.2) is 52.1 Å². The molecule has 3 aromatic rings. The van der Waals surface area contributed by atoms with E-state index in [0.29, 0.717) is 11.7 Å². The molecule has 156 valence electrons. The molecule has 0 radical (unpaired) electrons. The maximum absolute atomic E-state index is 13.2. The third-order valence-electron chi connectivity index (χ3n) is 4.98. The van der Waals surface area contributed by atoms with Gasteiger partial charge in [0.2, 0.25) is 11.1 Å². The second-order valence-electron chi connectivity index (χ2n) is 7.11. The van der Waals surface area contributed by atoms with Crippen LogP contribution in [0.2, 0.25) is 0 Å². The summed E-state index contributed by atoms with van der Waals surface area (Å²) < 4.78 is 8.01. The Balaban J connectivity index is 1.60. The summed E-state index contributed by atoms with van der Waals surface area (Å²) in [4.78, 5) is 13.2. The van der Waals surface area contributed by atoms with Crippen molar-refractivity contribution in [3.63, 3.8) is 0 Å². The SMILES string of the molecule is COc1ccc(C2Nn3c(C)nnc3SC2C(=O)NCc2ccc(C)cc2)cc1Br. The van der Waals surface area contributed by atoms with E-state index in [9.17, 15) is 4.79 Å². The number of aromatic nitrogens is 3. The van der Waals surface area contributed by atoms with Gasteiger partial charge in [-0.25, -0.2) is 4.68 Å². The van der Waals surface area contributed by atoms with Crippen molar-refractivity contribution >= 4 is 33.6 Å². The normalized spacial score (nSPS) is 17.7. The lowest BCUT2D eigenvalue weighted by Crippen LogP contribution is -2.44. The molecule has 4 rings (SSSR count). The molecule has 0 aliphatic carbocycles. The minimum absolute atomic E-state index is 0.0584. The number of thioether (sulfide) groups is 1. The van der Waals surface area contributed by atoms with Gasteiger partial charge in [-0.15, -0.1) is 10.2 Å². The lowest BCUT2D eigenvalue weighted by molar-refractivity contribution is -0.121. The van der Waals surface area contributed by atoms with Crippen molar-refractivity contribution < 1.29 is 9.53 Å². The number of fused-ring (bicyclic) bond motifs is 1. The number of halogens is 1. The lowest BCUT2D eigenvalue weighted by Gasteiger charge is -2.33. The van der Waals surface area contributed by atoms with Gasteiger partial charge in [0.15, 0.2) is 0 Å². The topological polar surface area (TPSA) is 81.1 Å². The summed E-state index contributed by atoms with van der Waals surface area (Å²) in [7, 11) is 1.63. The number of ether oxygens (including phenoxy) is 1. The van der Waals surface area contributed by atoms with Crippen LogP contribution < -0.4 is 15.5 Å². The summed E-state index contributed by atoms with van der Waals surface area (Å²) in [6, 6.07) is 13.7. The van der Waals surface area contributed by atoms with E-state index in [1.807, 2.05) is 61.0 Å². The Morgan fingerprint density at radius 3 is 2.70 bits per heavy atom. The van der Waals surface area contributed by atoms with Crippen LogP contribution in [0.4, 0.5) is 0 Å². The van der Waals surface area contributed by atoms with E-state index in [4.69, 9.17) is 4.74 Å². The quantitative estimate of drug-likeness (QED) is 0.570. The fraction of sp³-hybridized carbons (Fsp3) is 0.286. The molecule has 0 spiro atoms. The van der Waals surface area contributed by atoms with E-state index in [1.54, 1.807) is 7.11 Å². The number of carbonyl (C=O) groups excluding carboxylic acids is 1. The van der Waals surface area contributed by atoms with Crippen LogP contribution in [-0.2, 0) is 11.3 Å². The van der Waals surface area contributed by atoms with Crippen molar-refractivity contribution in [2.45, 2.75) is 36.8 Å². The van der Waals surface area contributed by atoms with Gasteiger partial charge in [0, 0.05) is 6.54 Å². The number of nitrogens with one attached hydrogen (secondary N) is 2. The van der Waals surface area contributed by atoms with Crippen LogP contribution in [-0.4, -0.2) is 33.1 Å². The van der Waals surface area contributed by atoms with Crippen molar-refractivity contribution in [2.24, 2.45) is 0 Å². The zero-order valence-electron chi connectivity index (χ0n) is 16.8. The van der Waals surface area contributed by atoms with Crippen LogP contribution >= 0.6 is 27.7 Å². The number of benzene rings is 2. The Hall–Kier alpha value is -2.52. The zero-order chi connectivity index (χ0) is 21.3. The average Bonchev–Trinajstić information content (AvgIpc) is 3.12. The highest BCUT2D eigenvalue weighted by molar-refractivity contribution is 9.10. The minimum atomic E-state index is -0.410. The van der Waals surface area contributed by atoms with E-state index in [0.717, 1.165) is 27.2 Å². The van der Waals surface area contributed by atoms with E-state index >= 15 is 0 Å². The Kier molecular flexibility index (Phi) is 6.01. The van der Waals surface area contributed by atoms with E-state index in [-0.39, 0.29) is 11.9 Å². The van der Waals surface area contributed by atoms with E-state index in [2.05, 4.69) is 36.9 Å². The largest absolute Gasteiger partial charge is 0.496 e. The molecule has 2 atom stereocenters. The maximum Gasteiger partial charge on any atom is 0.236 e. The summed E-state index contributed by atoms with van der Waals surface area (Å²) >= 11 is 4.96. The summed E-state index contributed by atoms with van der Waals surface area (Å²) in [6.07, 6.45) is 0. The number of aryl methyl sites for hydroxylation is 2. The first-order valence-electron chi connectivity index (χ1n) is 9.48. The van der Waals surface area contributed by atoms with E-state index in [1.165, 1.54) is 17.3 Å². The maximum atomic E-state index is 13.2. The molecule has 7 nitrogen and oxygen atoms in total. The van der Waals surface area contributed by atoms with Crippen LogP contribution in [0, 0.1) is 13.8 Å². The fourth-order valence-electron chi connectivity index (χ4n) is 3.28. The highest BCUT2D eigenvalue weighted by atomic mass is 79.9. The molecule has 1 aliphatic rings. The molecule has 2 N–H and O–H groups in total. The molecule has 0 fully saturated rings. The number of amides is 1. The molecule has 9 heteroatoms. The molecule has 2 aromatic carbocycles. The molecule has 0 bridgehead atoms. The monoisotopic (exact) mass is 487 g/mol. The molecule has 1 aromatic heterocycles. The second-order valence-corrected chi connectivity index (χ2v) is 9.07. The van der Waals surface area contributed by atoms with Gasteiger partial charge < -0.3 is 15.5 Å². The molecule has 1 amide bonds. The molecule has 2 heterocycles. The van der Waals surface area contributed by atoms with Crippen LogP contribution in [0.5, 0.6) is 5.75 Å². The van der Waals surface area contributed by atoms with Crippen molar-refractivity contribution in [1.82, 2.24) is 20.2 Å². The third kappa shape index (κ3) is 4.17. The van der Waals surface area contributed by atoms with Gasteiger partial charge in [0.25, 0.3) is 0 Å². The Bertz CT molecular complexity index is 1070. The van der Waals surface area contributed by atoms with Gasteiger partial charge in [-0.1, -0.05) is 47.7 Å². The fourth-order valence-corrected chi connectivity index (χ4v) is 4.99. The highest BCUT2D eigenvalue weighted by Crippen LogP contribution is 2.39. The molecule has 30 heavy (non-hydrogen) atoms. The third-order valence-corrected chi connectivity index (χ3v) is 6.81. The first-order valence-corrected chi connectivity index (χ1v) is 11.2. The summed E-state index contributed by atoms with van der Waals surface area (Å²) in [5.41, 5.74) is 6.63. The smallest absolute Gasteiger partial charge is 0.236 e. The van der Waals surface area contributed by atoms with Gasteiger partial charge in [-0.05, 0) is 53.0 Å². The van der Waals surface area contributed by atoms with Crippen molar-refractivity contribution in [1.29, 1.82) is 0 Å². The predicted molar refractivity (Wildman–Crippen MR) is 120 cm³/mol. The number of nitrogens with zero attached hydrogens (tertiary/aromatic N) is 3. The zero-order valence-corrected chi connectivity index (χ0v) is 19.3. The van der Waals surface area contributed by atoms with Gasteiger partial charge in [0.1, 0.15) is 16.8 Å². The Morgan fingerprint density at radius 2 is 2.00 bits per heavy atom. The molecule has 0 saturated carbocycles. The molecule has 1 aliphatic heterocycles. The number of rotatable bonds is 5. The van der Waals surface area contributed by atoms with Crippen LogP contribution in [0.1, 0.15) is 28.6 Å². The van der Waals surface area contributed by atoms with Crippen molar-refractivity contribution in [2.75, 3.05) is 12.5 Å². The second kappa shape index (κ2) is 8.69.